The molecule has 0 spiro atoms. The second-order valence-corrected chi connectivity index (χ2v) is 3.83. The summed E-state index contributed by atoms with van der Waals surface area (Å²) in [7, 11) is 0. The molecule has 80 valence electrons. The molecule has 2 rings (SSSR count). The zero-order valence-electron chi connectivity index (χ0n) is 9.53. The first kappa shape index (κ1) is 10.6. The summed E-state index contributed by atoms with van der Waals surface area (Å²) in [5.41, 5.74) is 5.13. The molecule has 0 bridgehead atoms. The van der Waals surface area contributed by atoms with Crippen LogP contribution in [0.15, 0.2) is 59.8 Å². The molecule has 16 heavy (non-hydrogen) atoms. The number of rotatable bonds is 2. The van der Waals surface area contributed by atoms with Crippen LogP contribution in [-0.4, -0.2) is 5.71 Å². The monoisotopic (exact) mass is 209 g/mol. The van der Waals surface area contributed by atoms with Crippen LogP contribution in [0.3, 0.4) is 0 Å². The van der Waals surface area contributed by atoms with Gasteiger partial charge in [-0.15, -0.1) is 0 Å². The Hall–Kier alpha value is -1.89. The predicted octanol–water partition coefficient (Wildman–Crippen LogP) is 3.98. The Balaban J connectivity index is 2.54. The first-order chi connectivity index (χ1) is 7.72. The number of fused-ring (bicyclic) bond motifs is 1. The summed E-state index contributed by atoms with van der Waals surface area (Å²) in [6, 6.07) is 8.22. The first-order valence-corrected chi connectivity index (χ1v) is 5.45. The van der Waals surface area contributed by atoms with E-state index in [1.807, 2.05) is 18.2 Å². The molecule has 0 heterocycles. The van der Waals surface area contributed by atoms with Crippen molar-refractivity contribution in [3.05, 3.63) is 65.9 Å². The zero-order chi connectivity index (χ0) is 11.5. The molecule has 1 heteroatoms. The Morgan fingerprint density at radius 1 is 1.25 bits per heavy atom. The predicted molar refractivity (Wildman–Crippen MR) is 70.6 cm³/mol. The van der Waals surface area contributed by atoms with E-state index in [1.165, 1.54) is 5.56 Å². The van der Waals surface area contributed by atoms with E-state index in [9.17, 15) is 0 Å². The third-order valence-electron chi connectivity index (χ3n) is 2.66. The molecule has 1 aromatic rings. The minimum absolute atomic E-state index is 0.864. The van der Waals surface area contributed by atoms with Crippen LogP contribution >= 0.6 is 0 Å². The van der Waals surface area contributed by atoms with Crippen molar-refractivity contribution in [2.75, 3.05) is 0 Å². The van der Waals surface area contributed by atoms with Gasteiger partial charge in [-0.1, -0.05) is 56.5 Å². The Morgan fingerprint density at radius 2 is 2.00 bits per heavy atom. The summed E-state index contributed by atoms with van der Waals surface area (Å²) in [5, 5.41) is 0. The van der Waals surface area contributed by atoms with Gasteiger partial charge in [0.15, 0.2) is 0 Å². The summed E-state index contributed by atoms with van der Waals surface area (Å²) in [6.45, 7) is 10.0. The van der Waals surface area contributed by atoms with Gasteiger partial charge < -0.3 is 0 Å². The lowest BCUT2D eigenvalue weighted by Gasteiger charge is -2.15. The molecule has 0 atom stereocenters. The topological polar surface area (TPSA) is 12.4 Å². The van der Waals surface area contributed by atoms with Crippen molar-refractivity contribution in [2.24, 2.45) is 4.99 Å². The number of hydrogen-bond donors (Lipinski definition) is 0. The number of benzene rings is 1. The van der Waals surface area contributed by atoms with Gasteiger partial charge in [0.05, 0.1) is 5.71 Å². The van der Waals surface area contributed by atoms with Crippen LogP contribution in [-0.2, 0) is 0 Å². The van der Waals surface area contributed by atoms with Gasteiger partial charge in [0.25, 0.3) is 0 Å². The van der Waals surface area contributed by atoms with Crippen molar-refractivity contribution in [1.82, 2.24) is 0 Å². The molecule has 0 aromatic heterocycles. The van der Waals surface area contributed by atoms with Gasteiger partial charge >= 0.3 is 0 Å². The van der Waals surface area contributed by atoms with E-state index >= 15 is 0 Å². The molecule has 0 saturated heterocycles. The molecular weight excluding hydrogens is 194 g/mol. The summed E-state index contributed by atoms with van der Waals surface area (Å²) >= 11 is 0. The lowest BCUT2D eigenvalue weighted by molar-refractivity contribution is 1.08. The number of nitrogens with zero attached hydrogens (tertiary/aromatic N) is 1. The maximum absolute atomic E-state index is 4.55. The fraction of sp³-hybridized carbons (Fsp3) is 0.133. The first-order valence-electron chi connectivity index (χ1n) is 5.45. The van der Waals surface area contributed by atoms with Crippen molar-refractivity contribution >= 4 is 11.8 Å². The Labute approximate surface area is 96.5 Å². The van der Waals surface area contributed by atoms with Crippen LogP contribution in [0.2, 0.25) is 0 Å². The maximum Gasteiger partial charge on any atom is 0.0777 e. The standard InChI is InChI=1S/C15H15N/c1-4-12(3)16-15-11(2)9-10-13-7-5-6-8-14(13)15/h5-10H,2-4H2,1H3/b16-15+. The van der Waals surface area contributed by atoms with E-state index in [0.717, 1.165) is 29.0 Å². The molecule has 0 amide bonds. The third kappa shape index (κ3) is 1.89. The second-order valence-electron chi connectivity index (χ2n) is 3.83. The van der Waals surface area contributed by atoms with Crippen molar-refractivity contribution in [2.45, 2.75) is 13.3 Å². The van der Waals surface area contributed by atoms with Gasteiger partial charge in [-0.2, -0.15) is 0 Å². The number of allylic oxidation sites excluding steroid dienone is 3. The van der Waals surface area contributed by atoms with Gasteiger partial charge in [0, 0.05) is 11.3 Å². The molecule has 1 aromatic carbocycles. The van der Waals surface area contributed by atoms with Gasteiger partial charge in [-0.25, -0.2) is 0 Å². The van der Waals surface area contributed by atoms with E-state index in [4.69, 9.17) is 0 Å². The largest absolute Gasteiger partial charge is 0.253 e. The summed E-state index contributed by atoms with van der Waals surface area (Å²) in [5.74, 6) is 0. The third-order valence-corrected chi connectivity index (χ3v) is 2.66. The van der Waals surface area contributed by atoms with Gasteiger partial charge in [0.2, 0.25) is 0 Å². The SMILES string of the molecule is C=C(CC)/N=C1\C(=C)C=Cc2ccccc21. The molecule has 1 nitrogen and oxygen atoms in total. The average molecular weight is 209 g/mol. The van der Waals surface area contributed by atoms with Crippen LogP contribution in [0, 0.1) is 0 Å². The van der Waals surface area contributed by atoms with Gasteiger partial charge in [0.1, 0.15) is 0 Å². The second kappa shape index (κ2) is 4.31. The lowest BCUT2D eigenvalue weighted by atomic mass is 9.92. The number of aliphatic imine (C=N–C) groups is 1. The Bertz CT molecular complexity index is 504. The minimum atomic E-state index is 0.864. The molecule has 0 unspecified atom stereocenters. The fourth-order valence-electron chi connectivity index (χ4n) is 1.67. The van der Waals surface area contributed by atoms with Gasteiger partial charge in [-0.05, 0) is 17.6 Å². The summed E-state index contributed by atoms with van der Waals surface area (Å²) < 4.78 is 0. The van der Waals surface area contributed by atoms with E-state index in [0.29, 0.717) is 0 Å². The molecule has 1 aliphatic carbocycles. The quantitative estimate of drug-likeness (QED) is 0.698. The Kier molecular flexibility index (Phi) is 2.86. The van der Waals surface area contributed by atoms with Gasteiger partial charge in [-0.3, -0.25) is 4.99 Å². The van der Waals surface area contributed by atoms with Crippen LogP contribution in [0.5, 0.6) is 0 Å². The zero-order valence-corrected chi connectivity index (χ0v) is 9.53. The van der Waals surface area contributed by atoms with Crippen LogP contribution < -0.4 is 0 Å². The normalized spacial score (nSPS) is 16.3. The van der Waals surface area contributed by atoms with Crippen molar-refractivity contribution < 1.29 is 0 Å². The minimum Gasteiger partial charge on any atom is -0.253 e. The van der Waals surface area contributed by atoms with Crippen molar-refractivity contribution in [1.29, 1.82) is 0 Å². The van der Waals surface area contributed by atoms with Crippen molar-refractivity contribution in [3.8, 4) is 0 Å². The highest BCUT2D eigenvalue weighted by molar-refractivity contribution is 6.18. The van der Waals surface area contributed by atoms with Crippen LogP contribution in [0.1, 0.15) is 24.5 Å². The molecule has 0 aliphatic heterocycles. The van der Waals surface area contributed by atoms with E-state index in [2.05, 4.69) is 43.3 Å². The van der Waals surface area contributed by atoms with Crippen LogP contribution in [0.25, 0.3) is 6.08 Å². The average Bonchev–Trinajstić information content (AvgIpc) is 2.32. The van der Waals surface area contributed by atoms with E-state index < -0.39 is 0 Å². The lowest BCUT2D eigenvalue weighted by Crippen LogP contribution is -2.08. The molecule has 0 fully saturated rings. The van der Waals surface area contributed by atoms with Crippen LogP contribution in [0.4, 0.5) is 0 Å². The van der Waals surface area contributed by atoms with E-state index in [1.54, 1.807) is 0 Å². The highest BCUT2D eigenvalue weighted by Crippen LogP contribution is 2.23. The highest BCUT2D eigenvalue weighted by Gasteiger charge is 2.13. The van der Waals surface area contributed by atoms with E-state index in [-0.39, 0.29) is 0 Å². The number of hydrogen-bond acceptors (Lipinski definition) is 1. The molecular formula is C15H15N. The van der Waals surface area contributed by atoms with Crippen molar-refractivity contribution in [3.63, 3.8) is 0 Å². The maximum atomic E-state index is 4.55. The summed E-state index contributed by atoms with van der Waals surface area (Å²) in [4.78, 5) is 4.55. The molecule has 1 aliphatic rings. The fourth-order valence-corrected chi connectivity index (χ4v) is 1.67. The summed E-state index contributed by atoms with van der Waals surface area (Å²) in [6.07, 6.45) is 4.94. The molecule has 0 radical (unpaired) electrons. The molecule has 0 N–H and O–H groups in total. The molecule has 0 saturated carbocycles. The highest BCUT2D eigenvalue weighted by atomic mass is 14.8. The Morgan fingerprint density at radius 3 is 2.75 bits per heavy atom. The smallest absolute Gasteiger partial charge is 0.0777 e.